The van der Waals surface area contributed by atoms with Crippen LogP contribution in [0.4, 0.5) is 0 Å². The number of rotatable bonds is 4. The molecule has 1 aromatic heterocycles. The first-order valence-corrected chi connectivity index (χ1v) is 5.77. The molecular weight excluding hydrogens is 194 g/mol. The Hall–Kier alpha value is -0.800. The van der Waals surface area contributed by atoms with Gasteiger partial charge in [0.25, 0.3) is 0 Å². The molecule has 0 amide bonds. The fraction of sp³-hybridized carbons (Fsp3) is 0.455. The lowest BCUT2D eigenvalue weighted by atomic mass is 10.2. The summed E-state index contributed by atoms with van der Waals surface area (Å²) in [6.07, 6.45) is 6.80. The molecule has 0 aromatic carbocycles. The summed E-state index contributed by atoms with van der Waals surface area (Å²) in [6, 6.07) is 2.65. The third kappa shape index (κ3) is 2.16. The zero-order valence-electron chi connectivity index (χ0n) is 8.32. The Labute approximate surface area is 88.6 Å². The minimum absolute atomic E-state index is 0.627. The lowest BCUT2D eigenvalue weighted by molar-refractivity contribution is 0.408. The zero-order valence-corrected chi connectivity index (χ0v) is 9.14. The van der Waals surface area contributed by atoms with E-state index in [1.165, 1.54) is 4.88 Å². The van der Waals surface area contributed by atoms with Gasteiger partial charge in [0.2, 0.25) is 0 Å². The molecule has 2 nitrogen and oxygen atoms in total. The second kappa shape index (κ2) is 4.62. The number of thiophene rings is 1. The molecule has 0 bridgehead atoms. The third-order valence-corrected chi connectivity index (χ3v) is 3.39. The van der Waals surface area contributed by atoms with Gasteiger partial charge in [-0.1, -0.05) is 12.2 Å². The standard InChI is InChI=1S/C11H15NOS/c1-13-10-6-7-14-11(10)8-12-9-4-2-3-5-9/h2-3,6-7,9,12H,4-5,8H2,1H3. The van der Waals surface area contributed by atoms with Gasteiger partial charge in [0.1, 0.15) is 5.75 Å². The van der Waals surface area contributed by atoms with Crippen LogP contribution in [0.2, 0.25) is 0 Å². The van der Waals surface area contributed by atoms with Crippen LogP contribution in [0.1, 0.15) is 17.7 Å². The van der Waals surface area contributed by atoms with Crippen molar-refractivity contribution in [2.24, 2.45) is 0 Å². The van der Waals surface area contributed by atoms with Gasteiger partial charge in [-0.15, -0.1) is 11.3 Å². The number of nitrogens with one attached hydrogen (secondary N) is 1. The van der Waals surface area contributed by atoms with E-state index in [0.717, 1.165) is 25.1 Å². The summed E-state index contributed by atoms with van der Waals surface area (Å²) in [5.41, 5.74) is 0. The third-order valence-electron chi connectivity index (χ3n) is 2.48. The Bertz CT molecular complexity index is 311. The van der Waals surface area contributed by atoms with Gasteiger partial charge in [0, 0.05) is 12.6 Å². The molecule has 1 heterocycles. The Morgan fingerprint density at radius 1 is 1.50 bits per heavy atom. The summed E-state index contributed by atoms with van der Waals surface area (Å²) in [7, 11) is 1.72. The molecule has 0 aliphatic heterocycles. The molecule has 1 aliphatic carbocycles. The summed E-state index contributed by atoms with van der Waals surface area (Å²) >= 11 is 1.75. The van der Waals surface area contributed by atoms with E-state index in [2.05, 4.69) is 22.8 Å². The van der Waals surface area contributed by atoms with Crippen molar-refractivity contribution in [3.63, 3.8) is 0 Å². The van der Waals surface area contributed by atoms with Crippen molar-refractivity contribution in [3.8, 4) is 5.75 Å². The smallest absolute Gasteiger partial charge is 0.134 e. The number of ether oxygens (including phenoxy) is 1. The average molecular weight is 209 g/mol. The van der Waals surface area contributed by atoms with Gasteiger partial charge in [-0.2, -0.15) is 0 Å². The molecule has 1 aromatic rings. The van der Waals surface area contributed by atoms with Crippen molar-refractivity contribution >= 4 is 11.3 Å². The van der Waals surface area contributed by atoms with Crippen molar-refractivity contribution in [2.75, 3.05) is 7.11 Å². The Morgan fingerprint density at radius 3 is 3.00 bits per heavy atom. The molecule has 1 N–H and O–H groups in total. The monoisotopic (exact) mass is 209 g/mol. The molecule has 0 unspecified atom stereocenters. The van der Waals surface area contributed by atoms with Gasteiger partial charge in [-0.3, -0.25) is 0 Å². The first-order chi connectivity index (χ1) is 6.90. The summed E-state index contributed by atoms with van der Waals surface area (Å²) in [5, 5.41) is 5.60. The van der Waals surface area contributed by atoms with Gasteiger partial charge in [-0.25, -0.2) is 0 Å². The van der Waals surface area contributed by atoms with Gasteiger partial charge in [0.05, 0.1) is 12.0 Å². The highest BCUT2D eigenvalue weighted by molar-refractivity contribution is 7.10. The van der Waals surface area contributed by atoms with Crippen LogP contribution < -0.4 is 10.1 Å². The molecular formula is C11H15NOS. The molecule has 0 radical (unpaired) electrons. The largest absolute Gasteiger partial charge is 0.496 e. The highest BCUT2D eigenvalue weighted by Crippen LogP contribution is 2.24. The Kier molecular flexibility index (Phi) is 3.22. The SMILES string of the molecule is COc1ccsc1CNC1CC=CC1. The number of hydrogen-bond acceptors (Lipinski definition) is 3. The van der Waals surface area contributed by atoms with Crippen LogP contribution in [0, 0.1) is 0 Å². The van der Waals surface area contributed by atoms with Crippen LogP contribution >= 0.6 is 11.3 Å². The average Bonchev–Trinajstić information content (AvgIpc) is 2.85. The Morgan fingerprint density at radius 2 is 2.29 bits per heavy atom. The fourth-order valence-corrected chi connectivity index (χ4v) is 2.45. The minimum Gasteiger partial charge on any atom is -0.496 e. The molecule has 0 saturated heterocycles. The molecule has 1 aliphatic rings. The first kappa shape index (κ1) is 9.74. The van der Waals surface area contributed by atoms with Gasteiger partial charge in [-0.05, 0) is 24.3 Å². The van der Waals surface area contributed by atoms with Crippen molar-refractivity contribution in [3.05, 3.63) is 28.5 Å². The van der Waals surface area contributed by atoms with Gasteiger partial charge < -0.3 is 10.1 Å². The van der Waals surface area contributed by atoms with Crippen molar-refractivity contribution in [1.29, 1.82) is 0 Å². The summed E-state index contributed by atoms with van der Waals surface area (Å²) in [5.74, 6) is 1.01. The van der Waals surface area contributed by atoms with Crippen LogP contribution in [-0.4, -0.2) is 13.2 Å². The van der Waals surface area contributed by atoms with Crippen LogP contribution in [0.25, 0.3) is 0 Å². The molecule has 76 valence electrons. The van der Waals surface area contributed by atoms with Crippen LogP contribution in [0.5, 0.6) is 5.75 Å². The van der Waals surface area contributed by atoms with E-state index < -0.39 is 0 Å². The molecule has 14 heavy (non-hydrogen) atoms. The van der Waals surface area contributed by atoms with E-state index in [0.29, 0.717) is 6.04 Å². The van der Waals surface area contributed by atoms with Gasteiger partial charge in [0.15, 0.2) is 0 Å². The maximum atomic E-state index is 5.26. The summed E-state index contributed by atoms with van der Waals surface area (Å²) < 4.78 is 5.26. The number of hydrogen-bond donors (Lipinski definition) is 1. The molecule has 0 atom stereocenters. The highest BCUT2D eigenvalue weighted by Gasteiger charge is 2.11. The van der Waals surface area contributed by atoms with E-state index in [-0.39, 0.29) is 0 Å². The summed E-state index contributed by atoms with van der Waals surface area (Å²) in [4.78, 5) is 1.29. The van der Waals surface area contributed by atoms with E-state index in [1.807, 2.05) is 6.07 Å². The van der Waals surface area contributed by atoms with Crippen LogP contribution in [0.3, 0.4) is 0 Å². The molecule has 0 saturated carbocycles. The van der Waals surface area contributed by atoms with Crippen LogP contribution in [0.15, 0.2) is 23.6 Å². The topological polar surface area (TPSA) is 21.3 Å². The molecule has 3 heteroatoms. The maximum absolute atomic E-state index is 5.26. The first-order valence-electron chi connectivity index (χ1n) is 4.89. The zero-order chi connectivity index (χ0) is 9.80. The molecule has 0 fully saturated rings. The summed E-state index contributed by atoms with van der Waals surface area (Å²) in [6.45, 7) is 0.924. The van der Waals surface area contributed by atoms with Crippen LogP contribution in [-0.2, 0) is 6.54 Å². The predicted octanol–water partition coefficient (Wildman–Crippen LogP) is 2.56. The number of methoxy groups -OCH3 is 1. The highest BCUT2D eigenvalue weighted by atomic mass is 32.1. The van der Waals surface area contributed by atoms with Gasteiger partial charge >= 0.3 is 0 Å². The second-order valence-corrected chi connectivity index (χ2v) is 4.43. The molecule has 0 spiro atoms. The minimum atomic E-state index is 0.627. The van der Waals surface area contributed by atoms with Crippen molar-refractivity contribution < 1.29 is 4.74 Å². The lowest BCUT2D eigenvalue weighted by Gasteiger charge is -2.11. The van der Waals surface area contributed by atoms with E-state index in [9.17, 15) is 0 Å². The second-order valence-electron chi connectivity index (χ2n) is 3.43. The van der Waals surface area contributed by atoms with E-state index in [4.69, 9.17) is 4.74 Å². The Balaban J connectivity index is 1.85. The van der Waals surface area contributed by atoms with Crippen molar-refractivity contribution in [1.82, 2.24) is 5.32 Å². The fourth-order valence-electron chi connectivity index (χ4n) is 1.66. The quantitative estimate of drug-likeness (QED) is 0.769. The molecule has 2 rings (SSSR count). The van der Waals surface area contributed by atoms with E-state index >= 15 is 0 Å². The predicted molar refractivity (Wildman–Crippen MR) is 59.9 cm³/mol. The maximum Gasteiger partial charge on any atom is 0.134 e. The lowest BCUT2D eigenvalue weighted by Crippen LogP contribution is -2.25. The van der Waals surface area contributed by atoms with E-state index in [1.54, 1.807) is 18.4 Å². The normalized spacial score (nSPS) is 16.4. The van der Waals surface area contributed by atoms with Crippen molar-refractivity contribution in [2.45, 2.75) is 25.4 Å².